The highest BCUT2D eigenvalue weighted by atomic mass is 19.1. The first-order valence-corrected chi connectivity index (χ1v) is 9.07. The van der Waals surface area contributed by atoms with E-state index >= 15 is 0 Å². The van der Waals surface area contributed by atoms with Crippen molar-refractivity contribution in [3.63, 3.8) is 0 Å². The highest BCUT2D eigenvalue weighted by Crippen LogP contribution is 2.29. The third-order valence-electron chi connectivity index (χ3n) is 5.30. The number of carbonyl (C=O) groups is 1. The molecule has 2 unspecified atom stereocenters. The van der Waals surface area contributed by atoms with E-state index in [9.17, 15) is 9.18 Å². The van der Waals surface area contributed by atoms with Crippen LogP contribution in [0.5, 0.6) is 0 Å². The van der Waals surface area contributed by atoms with Gasteiger partial charge in [-0.05, 0) is 55.4 Å². The Morgan fingerprint density at radius 1 is 1.19 bits per heavy atom. The number of nitrogens with zero attached hydrogens (tertiary/aromatic N) is 2. The van der Waals surface area contributed by atoms with Crippen molar-refractivity contribution in [1.29, 1.82) is 0 Å². The molecule has 0 saturated heterocycles. The summed E-state index contributed by atoms with van der Waals surface area (Å²) in [4.78, 5) is 19.8. The molecular weight excluding hydrogens is 333 g/mol. The van der Waals surface area contributed by atoms with Gasteiger partial charge < -0.3 is 16.4 Å². The molecule has 26 heavy (non-hydrogen) atoms. The zero-order chi connectivity index (χ0) is 18.1. The summed E-state index contributed by atoms with van der Waals surface area (Å²) in [5.74, 6) is -0.773. The lowest BCUT2D eigenvalue weighted by molar-refractivity contribution is -0.121. The van der Waals surface area contributed by atoms with Gasteiger partial charge in [0.25, 0.3) is 0 Å². The van der Waals surface area contributed by atoms with Crippen LogP contribution < -0.4 is 16.4 Å². The van der Waals surface area contributed by atoms with E-state index in [4.69, 9.17) is 5.73 Å². The molecule has 0 radical (unpaired) electrons. The molecule has 0 aliphatic heterocycles. The molecule has 1 aromatic heterocycles. The van der Waals surface area contributed by atoms with E-state index in [1.54, 1.807) is 0 Å². The van der Waals surface area contributed by atoms with Crippen molar-refractivity contribution in [1.82, 2.24) is 9.97 Å². The molecule has 7 heteroatoms. The number of amides is 1. The fourth-order valence-corrected chi connectivity index (χ4v) is 3.96. The number of benzene rings is 1. The summed E-state index contributed by atoms with van der Waals surface area (Å²) < 4.78 is 14.1. The summed E-state index contributed by atoms with van der Waals surface area (Å²) in [7, 11) is 0. The van der Waals surface area contributed by atoms with Crippen molar-refractivity contribution in [2.45, 2.75) is 44.6 Å². The van der Waals surface area contributed by atoms with Gasteiger partial charge in [-0.2, -0.15) is 4.98 Å². The van der Waals surface area contributed by atoms with E-state index in [0.717, 1.165) is 44.0 Å². The quantitative estimate of drug-likeness (QED) is 0.767. The summed E-state index contributed by atoms with van der Waals surface area (Å²) in [6, 6.07) is 6.01. The van der Waals surface area contributed by atoms with Crippen LogP contribution in [0.1, 0.15) is 36.8 Å². The normalized spacial score (nSPS) is 21.4. The minimum Gasteiger partial charge on any atom is -0.369 e. The third kappa shape index (κ3) is 3.34. The molecule has 0 bridgehead atoms. The van der Waals surface area contributed by atoms with Crippen LogP contribution in [0.15, 0.2) is 24.4 Å². The number of anilines is 3. The Hall–Kier alpha value is -2.70. The van der Waals surface area contributed by atoms with Gasteiger partial charge in [-0.1, -0.05) is 12.5 Å². The van der Waals surface area contributed by atoms with Crippen LogP contribution in [0.2, 0.25) is 0 Å². The van der Waals surface area contributed by atoms with Gasteiger partial charge in [0.1, 0.15) is 0 Å². The zero-order valence-electron chi connectivity index (χ0n) is 14.5. The molecule has 1 heterocycles. The Labute approximate surface area is 151 Å². The number of halogens is 1. The molecule has 4 N–H and O–H groups in total. The SMILES string of the molecule is NC(=O)C1CCCC1Nc1nc(Nc2ccc3c(c2)CCC3)ncc1F. The molecule has 2 atom stereocenters. The molecule has 1 amide bonds. The summed E-state index contributed by atoms with van der Waals surface area (Å²) in [5, 5.41) is 6.18. The largest absolute Gasteiger partial charge is 0.369 e. The average Bonchev–Trinajstić information content (AvgIpc) is 3.26. The van der Waals surface area contributed by atoms with Gasteiger partial charge in [-0.15, -0.1) is 0 Å². The smallest absolute Gasteiger partial charge is 0.229 e. The first-order valence-electron chi connectivity index (χ1n) is 9.07. The number of nitrogens with one attached hydrogen (secondary N) is 2. The second-order valence-electron chi connectivity index (χ2n) is 7.04. The fraction of sp³-hybridized carbons (Fsp3) is 0.421. The lowest BCUT2D eigenvalue weighted by Gasteiger charge is -2.19. The average molecular weight is 355 g/mol. The molecule has 1 fully saturated rings. The van der Waals surface area contributed by atoms with Crippen LogP contribution in [0.25, 0.3) is 0 Å². The van der Waals surface area contributed by atoms with E-state index in [0.29, 0.717) is 5.95 Å². The minimum absolute atomic E-state index is 0.0989. The minimum atomic E-state index is -0.542. The first-order chi connectivity index (χ1) is 12.6. The van der Waals surface area contributed by atoms with Gasteiger partial charge in [-0.25, -0.2) is 9.37 Å². The molecule has 136 valence electrons. The van der Waals surface area contributed by atoms with Crippen LogP contribution in [-0.4, -0.2) is 21.9 Å². The van der Waals surface area contributed by atoms with E-state index in [2.05, 4.69) is 32.7 Å². The maximum absolute atomic E-state index is 14.1. The second-order valence-corrected chi connectivity index (χ2v) is 7.04. The topological polar surface area (TPSA) is 92.9 Å². The van der Waals surface area contributed by atoms with Gasteiger partial charge in [0.05, 0.1) is 12.1 Å². The van der Waals surface area contributed by atoms with Crippen molar-refractivity contribution in [2.75, 3.05) is 10.6 Å². The molecule has 2 aliphatic rings. The number of rotatable bonds is 5. The van der Waals surface area contributed by atoms with Gasteiger partial charge in [0, 0.05) is 11.7 Å². The Bertz CT molecular complexity index is 841. The van der Waals surface area contributed by atoms with E-state index in [1.165, 1.54) is 17.5 Å². The number of primary amides is 1. The van der Waals surface area contributed by atoms with Crippen molar-refractivity contribution in [3.8, 4) is 0 Å². The number of nitrogens with two attached hydrogens (primary N) is 1. The Morgan fingerprint density at radius 2 is 2.04 bits per heavy atom. The third-order valence-corrected chi connectivity index (χ3v) is 5.30. The Kier molecular flexibility index (Phi) is 4.44. The van der Waals surface area contributed by atoms with Crippen molar-refractivity contribution >= 4 is 23.4 Å². The maximum atomic E-state index is 14.1. The van der Waals surface area contributed by atoms with Crippen molar-refractivity contribution < 1.29 is 9.18 Å². The highest BCUT2D eigenvalue weighted by molar-refractivity contribution is 5.78. The van der Waals surface area contributed by atoms with Crippen molar-refractivity contribution in [2.24, 2.45) is 11.7 Å². The standard InChI is InChI=1S/C19H22FN5O/c20-15-10-22-19(23-13-8-7-11-3-1-4-12(11)9-13)25-18(15)24-16-6-2-5-14(16)17(21)26/h7-10,14,16H,1-6H2,(H2,21,26)(H2,22,23,24,25). The predicted molar refractivity (Wildman–Crippen MR) is 97.7 cm³/mol. The van der Waals surface area contributed by atoms with Crippen LogP contribution in [0.3, 0.4) is 0 Å². The molecule has 2 aliphatic carbocycles. The van der Waals surface area contributed by atoms with Crippen LogP contribution in [-0.2, 0) is 17.6 Å². The van der Waals surface area contributed by atoms with Gasteiger partial charge in [0.15, 0.2) is 11.6 Å². The van der Waals surface area contributed by atoms with Crippen molar-refractivity contribution in [3.05, 3.63) is 41.3 Å². The number of fused-ring (bicyclic) bond motifs is 1. The molecule has 4 rings (SSSR count). The van der Waals surface area contributed by atoms with Gasteiger partial charge in [-0.3, -0.25) is 4.79 Å². The summed E-state index contributed by atoms with van der Waals surface area (Å²) in [5.41, 5.74) is 9.05. The maximum Gasteiger partial charge on any atom is 0.229 e. The lowest BCUT2D eigenvalue weighted by atomic mass is 10.0. The van der Waals surface area contributed by atoms with E-state index in [-0.39, 0.29) is 23.7 Å². The monoisotopic (exact) mass is 355 g/mol. The summed E-state index contributed by atoms with van der Waals surface area (Å²) in [6.45, 7) is 0. The molecule has 2 aromatic rings. The summed E-state index contributed by atoms with van der Waals surface area (Å²) >= 11 is 0. The molecule has 1 saturated carbocycles. The fourth-order valence-electron chi connectivity index (χ4n) is 3.96. The highest BCUT2D eigenvalue weighted by Gasteiger charge is 2.32. The number of aromatic nitrogens is 2. The zero-order valence-corrected chi connectivity index (χ0v) is 14.5. The lowest BCUT2D eigenvalue weighted by Crippen LogP contribution is -2.34. The van der Waals surface area contributed by atoms with E-state index < -0.39 is 5.82 Å². The summed E-state index contributed by atoms with van der Waals surface area (Å²) in [6.07, 6.45) is 6.90. The Balaban J connectivity index is 1.52. The number of hydrogen-bond donors (Lipinski definition) is 3. The second kappa shape index (κ2) is 6.90. The molecular formula is C19H22FN5O. The number of carbonyl (C=O) groups excluding carboxylic acids is 1. The van der Waals surface area contributed by atoms with E-state index in [1.807, 2.05) is 6.07 Å². The number of hydrogen-bond acceptors (Lipinski definition) is 5. The van der Waals surface area contributed by atoms with Crippen LogP contribution in [0.4, 0.5) is 21.8 Å². The predicted octanol–water partition coefficient (Wildman–Crippen LogP) is 2.91. The van der Waals surface area contributed by atoms with Gasteiger partial charge in [0.2, 0.25) is 11.9 Å². The molecule has 6 nitrogen and oxygen atoms in total. The van der Waals surface area contributed by atoms with Crippen LogP contribution in [0, 0.1) is 11.7 Å². The molecule has 0 spiro atoms. The Morgan fingerprint density at radius 3 is 2.88 bits per heavy atom. The van der Waals surface area contributed by atoms with Crippen LogP contribution >= 0.6 is 0 Å². The molecule has 1 aromatic carbocycles. The first kappa shape index (κ1) is 16.8. The van der Waals surface area contributed by atoms with Gasteiger partial charge >= 0.3 is 0 Å². The number of aryl methyl sites for hydroxylation is 2.